The van der Waals surface area contributed by atoms with Crippen molar-refractivity contribution in [2.75, 3.05) is 13.3 Å². The van der Waals surface area contributed by atoms with Crippen LogP contribution in [0.1, 0.15) is 17.2 Å². The first kappa shape index (κ1) is 15.0. The van der Waals surface area contributed by atoms with Gasteiger partial charge < -0.3 is 9.47 Å². The first-order valence-electron chi connectivity index (χ1n) is 7.14. The number of hydrogen-bond acceptors (Lipinski definition) is 4. The third kappa shape index (κ3) is 2.52. The molecule has 2 atom stereocenters. The lowest BCUT2D eigenvalue weighted by Crippen LogP contribution is -2.12. The van der Waals surface area contributed by atoms with E-state index in [1.165, 1.54) is 4.31 Å². The molecular formula is C16H14BrNO4S. The summed E-state index contributed by atoms with van der Waals surface area (Å²) in [6.45, 7) is 2.59. The predicted molar refractivity (Wildman–Crippen MR) is 88.1 cm³/mol. The van der Waals surface area contributed by atoms with Gasteiger partial charge in [-0.2, -0.15) is 4.31 Å². The minimum absolute atomic E-state index is 0.176. The monoisotopic (exact) mass is 395 g/mol. The van der Waals surface area contributed by atoms with Crippen LogP contribution in [0.3, 0.4) is 0 Å². The average molecular weight is 396 g/mol. The van der Waals surface area contributed by atoms with Gasteiger partial charge in [0.05, 0.1) is 10.9 Å². The Morgan fingerprint density at radius 1 is 1.13 bits per heavy atom. The second-order valence-electron chi connectivity index (χ2n) is 5.63. The lowest BCUT2D eigenvalue weighted by atomic mass is 10.1. The van der Waals surface area contributed by atoms with Crippen molar-refractivity contribution in [1.29, 1.82) is 0 Å². The second-order valence-corrected chi connectivity index (χ2v) is 8.38. The molecule has 1 saturated heterocycles. The summed E-state index contributed by atoms with van der Waals surface area (Å²) in [6.07, 6.45) is 0. The summed E-state index contributed by atoms with van der Waals surface area (Å²) < 4.78 is 38.4. The molecule has 2 aliphatic heterocycles. The zero-order valence-corrected chi connectivity index (χ0v) is 14.7. The molecule has 2 aromatic carbocycles. The maximum atomic E-state index is 12.7. The molecule has 7 heteroatoms. The van der Waals surface area contributed by atoms with E-state index in [0.29, 0.717) is 22.9 Å². The number of nitrogens with zero attached hydrogens (tertiary/aromatic N) is 1. The minimum Gasteiger partial charge on any atom is -0.454 e. The highest BCUT2D eigenvalue weighted by atomic mass is 79.9. The van der Waals surface area contributed by atoms with Gasteiger partial charge in [-0.1, -0.05) is 33.6 Å². The third-order valence-corrected chi connectivity index (χ3v) is 6.62. The van der Waals surface area contributed by atoms with Crippen LogP contribution in [0, 0.1) is 6.92 Å². The largest absolute Gasteiger partial charge is 0.454 e. The van der Waals surface area contributed by atoms with Crippen LogP contribution in [0.4, 0.5) is 0 Å². The van der Waals surface area contributed by atoms with Gasteiger partial charge in [-0.05, 0) is 36.8 Å². The van der Waals surface area contributed by atoms with E-state index in [2.05, 4.69) is 15.9 Å². The molecule has 0 spiro atoms. The van der Waals surface area contributed by atoms with Crippen molar-refractivity contribution < 1.29 is 17.9 Å². The molecule has 0 amide bonds. The normalized spacial score (nSPS) is 22.2. The van der Waals surface area contributed by atoms with Crippen LogP contribution in [0.2, 0.25) is 0 Å². The number of sulfonamides is 1. The molecule has 2 aliphatic rings. The Morgan fingerprint density at radius 3 is 2.48 bits per heavy atom. The van der Waals surface area contributed by atoms with Crippen LogP contribution in [-0.2, 0) is 10.0 Å². The van der Waals surface area contributed by atoms with Crippen LogP contribution >= 0.6 is 15.9 Å². The van der Waals surface area contributed by atoms with E-state index >= 15 is 0 Å². The Balaban J connectivity index is 1.64. The number of ether oxygens (including phenoxy) is 2. The van der Waals surface area contributed by atoms with Gasteiger partial charge in [0.25, 0.3) is 0 Å². The SMILES string of the molecule is Cc1ccc(S(=O)(=O)N2CC2c2cc3c(cc2Br)OCO3)cc1. The van der Waals surface area contributed by atoms with Crippen LogP contribution in [0.15, 0.2) is 45.8 Å². The molecule has 0 aromatic heterocycles. The molecule has 23 heavy (non-hydrogen) atoms. The highest BCUT2D eigenvalue weighted by molar-refractivity contribution is 9.10. The van der Waals surface area contributed by atoms with Crippen molar-refractivity contribution in [3.63, 3.8) is 0 Å². The summed E-state index contributed by atoms with van der Waals surface area (Å²) in [5.74, 6) is 1.33. The first-order valence-corrected chi connectivity index (χ1v) is 9.38. The molecule has 2 unspecified atom stereocenters. The zero-order chi connectivity index (χ0) is 16.2. The van der Waals surface area contributed by atoms with Crippen molar-refractivity contribution in [1.82, 2.24) is 4.31 Å². The third-order valence-electron chi connectivity index (χ3n) is 4.05. The Morgan fingerprint density at radius 2 is 1.78 bits per heavy atom. The number of rotatable bonds is 3. The number of aryl methyl sites for hydroxylation is 1. The summed E-state index contributed by atoms with van der Waals surface area (Å²) in [6, 6.07) is 10.4. The van der Waals surface area contributed by atoms with E-state index in [1.807, 2.05) is 31.2 Å². The van der Waals surface area contributed by atoms with E-state index < -0.39 is 10.0 Å². The van der Waals surface area contributed by atoms with E-state index in [0.717, 1.165) is 15.6 Å². The average Bonchev–Trinajstić information content (AvgIpc) is 3.20. The van der Waals surface area contributed by atoms with E-state index in [4.69, 9.17) is 9.47 Å². The molecule has 1 fully saturated rings. The molecule has 2 aromatic rings. The fourth-order valence-corrected chi connectivity index (χ4v) is 4.80. The summed E-state index contributed by atoms with van der Waals surface area (Å²) in [5, 5.41) is 0. The minimum atomic E-state index is -3.47. The van der Waals surface area contributed by atoms with E-state index in [-0.39, 0.29) is 12.8 Å². The van der Waals surface area contributed by atoms with Crippen molar-refractivity contribution >= 4 is 26.0 Å². The van der Waals surface area contributed by atoms with Gasteiger partial charge in [-0.25, -0.2) is 8.42 Å². The molecule has 2 heterocycles. The molecule has 0 bridgehead atoms. The summed E-state index contributed by atoms with van der Waals surface area (Å²) in [5.41, 5.74) is 1.93. The number of halogens is 1. The topological polar surface area (TPSA) is 55.6 Å². The van der Waals surface area contributed by atoms with Gasteiger partial charge in [-0.3, -0.25) is 0 Å². The van der Waals surface area contributed by atoms with Gasteiger partial charge in [0.2, 0.25) is 16.8 Å². The maximum Gasteiger partial charge on any atom is 0.243 e. The molecule has 0 radical (unpaired) electrons. The molecule has 4 rings (SSSR count). The van der Waals surface area contributed by atoms with Crippen molar-refractivity contribution in [3.8, 4) is 11.5 Å². The first-order chi connectivity index (χ1) is 11.0. The summed E-state index contributed by atoms with van der Waals surface area (Å²) in [7, 11) is -3.47. The predicted octanol–water partition coefficient (Wildman–Crippen LogP) is 3.23. The number of benzene rings is 2. The standard InChI is InChI=1S/C16H14BrNO4S/c1-10-2-4-11(5-3-10)23(19,20)18-8-14(18)12-6-15-16(7-13(12)17)22-9-21-15/h2-7,14H,8-9H2,1H3. The fraction of sp³-hybridized carbons (Fsp3) is 0.250. The molecule has 120 valence electrons. The molecule has 0 saturated carbocycles. The number of fused-ring (bicyclic) bond motifs is 1. The van der Waals surface area contributed by atoms with Crippen LogP contribution < -0.4 is 9.47 Å². The molecule has 0 N–H and O–H groups in total. The molecular weight excluding hydrogens is 382 g/mol. The highest BCUT2D eigenvalue weighted by Gasteiger charge is 2.46. The smallest absolute Gasteiger partial charge is 0.243 e. The van der Waals surface area contributed by atoms with Crippen LogP contribution in [0.25, 0.3) is 0 Å². The fourth-order valence-electron chi connectivity index (χ4n) is 2.68. The summed E-state index contributed by atoms with van der Waals surface area (Å²) >= 11 is 3.49. The quantitative estimate of drug-likeness (QED) is 0.748. The van der Waals surface area contributed by atoms with Crippen molar-refractivity contribution in [2.45, 2.75) is 17.9 Å². The van der Waals surface area contributed by atoms with Crippen molar-refractivity contribution in [3.05, 3.63) is 52.0 Å². The molecule has 0 aliphatic carbocycles. The van der Waals surface area contributed by atoms with Crippen molar-refractivity contribution in [2.24, 2.45) is 0 Å². The van der Waals surface area contributed by atoms with Gasteiger partial charge in [0, 0.05) is 11.0 Å². The Hall–Kier alpha value is -1.57. The molecule has 5 nitrogen and oxygen atoms in total. The zero-order valence-electron chi connectivity index (χ0n) is 12.3. The van der Waals surface area contributed by atoms with E-state index in [1.54, 1.807) is 12.1 Å². The Bertz CT molecular complexity index is 880. The van der Waals surface area contributed by atoms with Gasteiger partial charge >= 0.3 is 0 Å². The van der Waals surface area contributed by atoms with E-state index in [9.17, 15) is 8.42 Å². The van der Waals surface area contributed by atoms with Crippen LogP contribution in [0.5, 0.6) is 11.5 Å². The maximum absolute atomic E-state index is 12.7. The number of hydrogen-bond donors (Lipinski definition) is 0. The second kappa shape index (κ2) is 5.22. The Labute approximate surface area is 143 Å². The highest BCUT2D eigenvalue weighted by Crippen LogP contribution is 2.47. The lowest BCUT2D eigenvalue weighted by Gasteiger charge is -2.09. The van der Waals surface area contributed by atoms with Crippen LogP contribution in [-0.4, -0.2) is 26.1 Å². The Kier molecular flexibility index (Phi) is 3.40. The van der Waals surface area contributed by atoms with Gasteiger partial charge in [-0.15, -0.1) is 0 Å². The summed E-state index contributed by atoms with van der Waals surface area (Å²) in [4.78, 5) is 0.322. The van der Waals surface area contributed by atoms with Gasteiger partial charge in [0.1, 0.15) is 0 Å². The van der Waals surface area contributed by atoms with Gasteiger partial charge in [0.15, 0.2) is 11.5 Å². The lowest BCUT2D eigenvalue weighted by molar-refractivity contribution is 0.174.